The van der Waals surface area contributed by atoms with Crippen molar-refractivity contribution < 1.29 is 14.7 Å². The molecule has 13 heavy (non-hydrogen) atoms. The van der Waals surface area contributed by atoms with Gasteiger partial charge in [0.2, 0.25) is 0 Å². The van der Waals surface area contributed by atoms with E-state index in [1.165, 1.54) is 12.1 Å². The summed E-state index contributed by atoms with van der Waals surface area (Å²) in [5, 5.41) is 10.4. The first-order chi connectivity index (χ1) is 6.11. The Morgan fingerprint density at radius 1 is 1.31 bits per heavy atom. The van der Waals surface area contributed by atoms with Crippen LogP contribution in [-0.2, 0) is 0 Å². The van der Waals surface area contributed by atoms with Gasteiger partial charge < -0.3 is 10.4 Å². The zero-order valence-corrected chi connectivity index (χ0v) is 7.41. The zero-order valence-electron chi connectivity index (χ0n) is 6.52. The van der Waals surface area contributed by atoms with Crippen molar-refractivity contribution in [2.24, 2.45) is 0 Å². The van der Waals surface area contributed by atoms with Gasteiger partial charge in [-0.15, -0.1) is 0 Å². The maximum atomic E-state index is 10.6. The summed E-state index contributed by atoms with van der Waals surface area (Å²) in [4.78, 5) is 21.2. The molecule has 0 fully saturated rings. The molecule has 1 amide bonds. The standard InChI is InChI=1S/C8H7NO3S/c10-7(11)5-3-1-2-4-6(5)9-8(12)13/h1-4H,(H,10,11)(H2,9,12,13). The Labute approximate surface area is 80.0 Å². The largest absolute Gasteiger partial charge is 0.478 e. The van der Waals surface area contributed by atoms with E-state index in [4.69, 9.17) is 5.11 Å². The Hall–Kier alpha value is -1.49. The third-order valence-electron chi connectivity index (χ3n) is 1.40. The second-order valence-electron chi connectivity index (χ2n) is 2.28. The number of anilines is 1. The van der Waals surface area contributed by atoms with Crippen molar-refractivity contribution in [3.63, 3.8) is 0 Å². The SMILES string of the molecule is O=C(S)Nc1ccccc1C(=O)O. The second kappa shape index (κ2) is 3.95. The number of carbonyl (C=O) groups excluding carboxylic acids is 1. The van der Waals surface area contributed by atoms with Gasteiger partial charge in [0.25, 0.3) is 5.24 Å². The van der Waals surface area contributed by atoms with Gasteiger partial charge in [-0.05, 0) is 12.1 Å². The summed E-state index contributed by atoms with van der Waals surface area (Å²) in [7, 11) is 0. The molecule has 2 N–H and O–H groups in total. The molecule has 0 spiro atoms. The van der Waals surface area contributed by atoms with E-state index in [0.717, 1.165) is 0 Å². The highest BCUT2D eigenvalue weighted by Gasteiger charge is 2.09. The van der Waals surface area contributed by atoms with Gasteiger partial charge in [-0.3, -0.25) is 4.79 Å². The summed E-state index contributed by atoms with van der Waals surface area (Å²) in [6.45, 7) is 0. The fourth-order valence-electron chi connectivity index (χ4n) is 0.894. The lowest BCUT2D eigenvalue weighted by molar-refractivity contribution is 0.0698. The minimum atomic E-state index is -1.09. The quantitative estimate of drug-likeness (QED) is 0.634. The second-order valence-corrected chi connectivity index (χ2v) is 2.69. The summed E-state index contributed by atoms with van der Waals surface area (Å²) < 4.78 is 0. The number of carboxylic acids is 1. The van der Waals surface area contributed by atoms with Crippen LogP contribution in [0.25, 0.3) is 0 Å². The van der Waals surface area contributed by atoms with E-state index in [0.29, 0.717) is 0 Å². The number of aromatic carboxylic acids is 1. The lowest BCUT2D eigenvalue weighted by atomic mass is 10.2. The van der Waals surface area contributed by atoms with E-state index in [1.807, 2.05) is 0 Å². The number of hydrogen-bond acceptors (Lipinski definition) is 2. The molecule has 1 aromatic carbocycles. The van der Waals surface area contributed by atoms with E-state index in [9.17, 15) is 9.59 Å². The molecule has 0 bridgehead atoms. The van der Waals surface area contributed by atoms with Crippen molar-refractivity contribution in [3.8, 4) is 0 Å². The summed E-state index contributed by atoms with van der Waals surface area (Å²) >= 11 is 3.48. The highest BCUT2D eigenvalue weighted by atomic mass is 32.1. The molecule has 0 aliphatic carbocycles. The fraction of sp³-hybridized carbons (Fsp3) is 0. The van der Waals surface area contributed by atoms with Crippen LogP contribution in [0.15, 0.2) is 24.3 Å². The lowest BCUT2D eigenvalue weighted by Gasteiger charge is -2.04. The van der Waals surface area contributed by atoms with E-state index >= 15 is 0 Å². The minimum Gasteiger partial charge on any atom is -0.478 e. The van der Waals surface area contributed by atoms with Crippen molar-refractivity contribution in [1.29, 1.82) is 0 Å². The Bertz CT molecular complexity index is 351. The van der Waals surface area contributed by atoms with Crippen LogP contribution in [-0.4, -0.2) is 16.3 Å². The van der Waals surface area contributed by atoms with Crippen LogP contribution in [0.3, 0.4) is 0 Å². The smallest absolute Gasteiger partial charge is 0.337 e. The first-order valence-electron chi connectivity index (χ1n) is 3.43. The van der Waals surface area contributed by atoms with E-state index in [-0.39, 0.29) is 11.3 Å². The summed E-state index contributed by atoms with van der Waals surface area (Å²) in [6.07, 6.45) is 0. The number of nitrogens with one attached hydrogen (secondary N) is 1. The third-order valence-corrected chi connectivity index (χ3v) is 1.51. The van der Waals surface area contributed by atoms with Crippen molar-refractivity contribution >= 4 is 29.5 Å². The Balaban J connectivity index is 3.04. The predicted molar refractivity (Wildman–Crippen MR) is 51.4 cm³/mol. The molecule has 0 saturated carbocycles. The Morgan fingerprint density at radius 3 is 2.46 bits per heavy atom. The third kappa shape index (κ3) is 2.48. The first-order valence-corrected chi connectivity index (χ1v) is 3.88. The summed E-state index contributed by atoms with van der Waals surface area (Å²) in [5.41, 5.74) is 0.292. The number of rotatable bonds is 2. The van der Waals surface area contributed by atoms with Crippen LogP contribution in [0.1, 0.15) is 10.4 Å². The van der Waals surface area contributed by atoms with E-state index in [1.54, 1.807) is 12.1 Å². The van der Waals surface area contributed by atoms with Gasteiger partial charge in [-0.2, -0.15) is 0 Å². The Kier molecular flexibility index (Phi) is 2.92. The lowest BCUT2D eigenvalue weighted by Crippen LogP contribution is -2.07. The van der Waals surface area contributed by atoms with Gasteiger partial charge in [0.05, 0.1) is 11.3 Å². The van der Waals surface area contributed by atoms with Gasteiger partial charge in [0.1, 0.15) is 0 Å². The molecule has 4 nitrogen and oxygen atoms in total. The topological polar surface area (TPSA) is 66.4 Å². The van der Waals surface area contributed by atoms with Gasteiger partial charge >= 0.3 is 5.97 Å². The van der Waals surface area contributed by atoms with Crippen molar-refractivity contribution in [1.82, 2.24) is 0 Å². The molecule has 0 heterocycles. The maximum absolute atomic E-state index is 10.6. The number of para-hydroxylation sites is 1. The molecule has 0 radical (unpaired) electrons. The number of carbonyl (C=O) groups is 2. The van der Waals surface area contributed by atoms with Crippen molar-refractivity contribution in [3.05, 3.63) is 29.8 Å². The van der Waals surface area contributed by atoms with Crippen LogP contribution < -0.4 is 5.32 Å². The molecular weight excluding hydrogens is 190 g/mol. The number of hydrogen-bond donors (Lipinski definition) is 3. The van der Waals surface area contributed by atoms with E-state index in [2.05, 4.69) is 17.9 Å². The molecule has 0 aliphatic rings. The minimum absolute atomic E-state index is 0.0462. The van der Waals surface area contributed by atoms with Gasteiger partial charge in [-0.1, -0.05) is 24.8 Å². The molecule has 5 heteroatoms. The van der Waals surface area contributed by atoms with Crippen molar-refractivity contribution in [2.75, 3.05) is 5.32 Å². The van der Waals surface area contributed by atoms with Crippen molar-refractivity contribution in [2.45, 2.75) is 0 Å². The number of benzene rings is 1. The van der Waals surface area contributed by atoms with Crippen LogP contribution >= 0.6 is 12.6 Å². The normalized spacial score (nSPS) is 9.31. The number of amides is 1. The van der Waals surface area contributed by atoms with E-state index < -0.39 is 11.2 Å². The fourth-order valence-corrected chi connectivity index (χ4v) is 1.01. The monoisotopic (exact) mass is 197 g/mol. The molecule has 68 valence electrons. The molecule has 0 unspecified atom stereocenters. The molecular formula is C8H7NO3S. The van der Waals surface area contributed by atoms with Gasteiger partial charge in [0, 0.05) is 0 Å². The van der Waals surface area contributed by atoms with Crippen LogP contribution in [0.2, 0.25) is 0 Å². The molecule has 0 aromatic heterocycles. The van der Waals surface area contributed by atoms with Crippen LogP contribution in [0, 0.1) is 0 Å². The van der Waals surface area contributed by atoms with Crippen LogP contribution in [0.4, 0.5) is 10.5 Å². The Morgan fingerprint density at radius 2 is 1.92 bits per heavy atom. The van der Waals surface area contributed by atoms with Gasteiger partial charge in [0.15, 0.2) is 0 Å². The maximum Gasteiger partial charge on any atom is 0.337 e. The van der Waals surface area contributed by atoms with Gasteiger partial charge in [-0.25, -0.2) is 4.79 Å². The zero-order chi connectivity index (χ0) is 9.84. The average molecular weight is 197 g/mol. The molecule has 0 aliphatic heterocycles. The molecule has 0 saturated heterocycles. The number of thiol groups is 1. The summed E-state index contributed by atoms with van der Waals surface area (Å²) in [5.74, 6) is -1.09. The van der Waals surface area contributed by atoms with Crippen LogP contribution in [0.5, 0.6) is 0 Å². The average Bonchev–Trinajstić information content (AvgIpc) is 2.03. The molecule has 1 aromatic rings. The highest BCUT2D eigenvalue weighted by molar-refractivity contribution is 7.96. The molecule has 0 atom stereocenters. The number of carboxylic acid groups (broad SMARTS) is 1. The first kappa shape index (κ1) is 9.60. The summed E-state index contributed by atoms with van der Waals surface area (Å²) in [6, 6.07) is 6.11. The highest BCUT2D eigenvalue weighted by Crippen LogP contribution is 2.15. The predicted octanol–water partition coefficient (Wildman–Crippen LogP) is 1.85. The molecule has 1 rings (SSSR count).